The zero-order valence-electron chi connectivity index (χ0n) is 10.4. The summed E-state index contributed by atoms with van der Waals surface area (Å²) in [5, 5.41) is 9.06. The third kappa shape index (κ3) is 3.49. The first-order valence-electron chi connectivity index (χ1n) is 6.22. The molecule has 0 aromatic carbocycles. The van der Waals surface area contributed by atoms with Gasteiger partial charge in [0.15, 0.2) is 0 Å². The van der Waals surface area contributed by atoms with E-state index in [-0.39, 0.29) is 6.61 Å². The van der Waals surface area contributed by atoms with Crippen molar-refractivity contribution < 1.29 is 5.11 Å². The number of hydrogen-bond acceptors (Lipinski definition) is 4. The molecular formula is C13H21N3O. The van der Waals surface area contributed by atoms with Crippen LogP contribution >= 0.6 is 0 Å². The summed E-state index contributed by atoms with van der Waals surface area (Å²) >= 11 is 0. The number of rotatable bonds is 4. The maximum atomic E-state index is 9.06. The molecule has 94 valence electrons. The molecule has 2 rings (SSSR count). The van der Waals surface area contributed by atoms with Crippen LogP contribution in [0.3, 0.4) is 0 Å². The molecule has 2 heterocycles. The molecule has 0 aliphatic carbocycles. The highest BCUT2D eigenvalue weighted by atomic mass is 16.3. The third-order valence-electron chi connectivity index (χ3n) is 3.48. The van der Waals surface area contributed by atoms with Crippen LogP contribution < -0.4 is 0 Å². The molecule has 1 aromatic heterocycles. The van der Waals surface area contributed by atoms with Gasteiger partial charge in [0.1, 0.15) is 0 Å². The molecule has 0 radical (unpaired) electrons. The van der Waals surface area contributed by atoms with Gasteiger partial charge in [-0.25, -0.2) is 0 Å². The Bertz CT molecular complexity index is 331. The Balaban J connectivity index is 1.90. The lowest BCUT2D eigenvalue weighted by Crippen LogP contribution is -2.51. The van der Waals surface area contributed by atoms with Crippen LogP contribution in [0.2, 0.25) is 0 Å². The molecule has 1 aromatic rings. The van der Waals surface area contributed by atoms with Crippen molar-refractivity contribution in [2.24, 2.45) is 0 Å². The van der Waals surface area contributed by atoms with Crippen molar-refractivity contribution in [1.29, 1.82) is 0 Å². The number of hydrogen-bond donors (Lipinski definition) is 1. The molecule has 1 aliphatic heterocycles. The lowest BCUT2D eigenvalue weighted by atomic mass is 10.1. The molecule has 0 amide bonds. The topological polar surface area (TPSA) is 39.6 Å². The van der Waals surface area contributed by atoms with Gasteiger partial charge in [0, 0.05) is 51.2 Å². The Morgan fingerprint density at radius 2 is 2.12 bits per heavy atom. The Morgan fingerprint density at radius 3 is 2.82 bits per heavy atom. The van der Waals surface area contributed by atoms with Gasteiger partial charge in [-0.05, 0) is 31.2 Å². The highest BCUT2D eigenvalue weighted by Crippen LogP contribution is 2.13. The molecule has 4 nitrogen and oxygen atoms in total. The van der Waals surface area contributed by atoms with Crippen molar-refractivity contribution in [2.75, 3.05) is 33.3 Å². The van der Waals surface area contributed by atoms with Gasteiger partial charge >= 0.3 is 0 Å². The minimum atomic E-state index is 0.276. The summed E-state index contributed by atoms with van der Waals surface area (Å²) in [7, 11) is 2.14. The van der Waals surface area contributed by atoms with Crippen LogP contribution in [0.4, 0.5) is 0 Å². The highest BCUT2D eigenvalue weighted by molar-refractivity contribution is 5.09. The molecule has 0 saturated carbocycles. The normalized spacial score (nSPS) is 22.8. The molecule has 1 saturated heterocycles. The second-order valence-electron chi connectivity index (χ2n) is 4.74. The average molecular weight is 235 g/mol. The van der Waals surface area contributed by atoms with E-state index in [9.17, 15) is 0 Å². The summed E-state index contributed by atoms with van der Waals surface area (Å²) in [5.41, 5.74) is 1.31. The Hall–Kier alpha value is -0.970. The van der Waals surface area contributed by atoms with Gasteiger partial charge in [-0.2, -0.15) is 0 Å². The van der Waals surface area contributed by atoms with E-state index < -0.39 is 0 Å². The number of aromatic nitrogens is 1. The number of pyridine rings is 1. The first-order valence-corrected chi connectivity index (χ1v) is 6.22. The molecule has 1 atom stereocenters. The van der Waals surface area contributed by atoms with Gasteiger partial charge in [-0.15, -0.1) is 0 Å². The van der Waals surface area contributed by atoms with Crippen LogP contribution in [0.5, 0.6) is 0 Å². The maximum Gasteiger partial charge on any atom is 0.0446 e. The molecule has 1 N–H and O–H groups in total. The highest BCUT2D eigenvalue weighted by Gasteiger charge is 2.23. The van der Waals surface area contributed by atoms with Gasteiger partial charge < -0.3 is 10.0 Å². The molecule has 4 heteroatoms. The second kappa shape index (κ2) is 6.10. The summed E-state index contributed by atoms with van der Waals surface area (Å²) in [5.74, 6) is 0. The SMILES string of the molecule is CN1CCN(Cc2ccncc2)C[C@H]1CCO. The quantitative estimate of drug-likeness (QED) is 0.828. The summed E-state index contributed by atoms with van der Waals surface area (Å²) in [6, 6.07) is 4.62. The monoisotopic (exact) mass is 235 g/mol. The van der Waals surface area contributed by atoms with Gasteiger partial charge in [0.25, 0.3) is 0 Å². The third-order valence-corrected chi connectivity index (χ3v) is 3.48. The lowest BCUT2D eigenvalue weighted by molar-refractivity contribution is 0.0743. The van der Waals surface area contributed by atoms with E-state index in [0.29, 0.717) is 6.04 Å². The van der Waals surface area contributed by atoms with Crippen molar-refractivity contribution in [2.45, 2.75) is 19.0 Å². The summed E-state index contributed by atoms with van der Waals surface area (Å²) in [6.07, 6.45) is 4.55. The molecule has 0 bridgehead atoms. The van der Waals surface area contributed by atoms with Crippen molar-refractivity contribution >= 4 is 0 Å². The van der Waals surface area contributed by atoms with E-state index >= 15 is 0 Å². The Kier molecular flexibility index (Phi) is 4.48. The van der Waals surface area contributed by atoms with Gasteiger partial charge in [-0.3, -0.25) is 9.88 Å². The largest absolute Gasteiger partial charge is 0.396 e. The number of aliphatic hydroxyl groups excluding tert-OH is 1. The van der Waals surface area contributed by atoms with Gasteiger partial charge in [0.2, 0.25) is 0 Å². The van der Waals surface area contributed by atoms with E-state index in [0.717, 1.165) is 32.6 Å². The van der Waals surface area contributed by atoms with Crippen molar-refractivity contribution in [3.63, 3.8) is 0 Å². The van der Waals surface area contributed by atoms with Crippen molar-refractivity contribution in [3.8, 4) is 0 Å². The van der Waals surface area contributed by atoms with Gasteiger partial charge in [0.05, 0.1) is 0 Å². The summed E-state index contributed by atoms with van der Waals surface area (Å²) < 4.78 is 0. The van der Waals surface area contributed by atoms with Crippen LogP contribution in [-0.2, 0) is 6.54 Å². The molecule has 1 fully saturated rings. The zero-order valence-corrected chi connectivity index (χ0v) is 10.4. The molecule has 0 spiro atoms. The number of nitrogens with zero attached hydrogens (tertiary/aromatic N) is 3. The van der Waals surface area contributed by atoms with Crippen molar-refractivity contribution in [1.82, 2.24) is 14.8 Å². The van der Waals surface area contributed by atoms with E-state index in [4.69, 9.17) is 5.11 Å². The fourth-order valence-electron chi connectivity index (χ4n) is 2.36. The minimum Gasteiger partial charge on any atom is -0.396 e. The van der Waals surface area contributed by atoms with Crippen LogP contribution in [0.1, 0.15) is 12.0 Å². The smallest absolute Gasteiger partial charge is 0.0446 e. The first-order chi connectivity index (χ1) is 8.29. The van der Waals surface area contributed by atoms with Crippen molar-refractivity contribution in [3.05, 3.63) is 30.1 Å². The van der Waals surface area contributed by atoms with E-state index in [2.05, 4.69) is 34.0 Å². The van der Waals surface area contributed by atoms with Crippen LogP contribution in [-0.4, -0.2) is 59.2 Å². The standard InChI is InChI=1S/C13H21N3O/c1-15-7-8-16(11-13(15)4-9-17)10-12-2-5-14-6-3-12/h2-3,5-6,13,17H,4,7-11H2,1H3/t13-/m1/s1. The van der Waals surface area contributed by atoms with Crippen LogP contribution in [0, 0.1) is 0 Å². The first kappa shape index (κ1) is 12.5. The Morgan fingerprint density at radius 1 is 1.35 bits per heavy atom. The van der Waals surface area contributed by atoms with Gasteiger partial charge in [-0.1, -0.05) is 0 Å². The predicted molar refractivity (Wildman–Crippen MR) is 67.6 cm³/mol. The molecule has 0 unspecified atom stereocenters. The fraction of sp³-hybridized carbons (Fsp3) is 0.615. The predicted octanol–water partition coefficient (Wildman–Crippen LogP) is 0.580. The zero-order chi connectivity index (χ0) is 12.1. The molecule has 1 aliphatic rings. The number of piperazine rings is 1. The number of likely N-dealkylation sites (N-methyl/N-ethyl adjacent to an activating group) is 1. The average Bonchev–Trinajstić information content (AvgIpc) is 2.35. The second-order valence-corrected chi connectivity index (χ2v) is 4.74. The fourth-order valence-corrected chi connectivity index (χ4v) is 2.36. The van der Waals surface area contributed by atoms with E-state index in [1.54, 1.807) is 0 Å². The molecule has 17 heavy (non-hydrogen) atoms. The summed E-state index contributed by atoms with van der Waals surface area (Å²) in [4.78, 5) is 8.84. The van der Waals surface area contributed by atoms with Crippen LogP contribution in [0.25, 0.3) is 0 Å². The maximum absolute atomic E-state index is 9.06. The molecular weight excluding hydrogens is 214 g/mol. The van der Waals surface area contributed by atoms with E-state index in [1.807, 2.05) is 12.4 Å². The van der Waals surface area contributed by atoms with E-state index in [1.165, 1.54) is 5.56 Å². The Labute approximate surface area is 103 Å². The minimum absolute atomic E-state index is 0.276. The number of aliphatic hydroxyl groups is 1. The summed E-state index contributed by atoms with van der Waals surface area (Å²) in [6.45, 7) is 4.48. The van der Waals surface area contributed by atoms with Crippen LogP contribution in [0.15, 0.2) is 24.5 Å². The lowest BCUT2D eigenvalue weighted by Gasteiger charge is -2.39.